The second kappa shape index (κ2) is 9.22. The van der Waals surface area contributed by atoms with Gasteiger partial charge in [-0.1, -0.05) is 0 Å². The van der Waals surface area contributed by atoms with Crippen molar-refractivity contribution < 1.29 is 23.8 Å². The van der Waals surface area contributed by atoms with Crippen LogP contribution in [0.2, 0.25) is 0 Å². The van der Waals surface area contributed by atoms with Crippen molar-refractivity contribution in [2.75, 3.05) is 26.1 Å². The van der Waals surface area contributed by atoms with Crippen LogP contribution in [0.4, 0.5) is 5.69 Å². The lowest BCUT2D eigenvalue weighted by Gasteiger charge is -2.07. The van der Waals surface area contributed by atoms with Gasteiger partial charge in [0.2, 0.25) is 0 Å². The molecule has 0 saturated heterocycles. The SMILES string of the molecule is COc1ccc(NC(=O)COC(=O)c2ccc3nc(-c4ccc(OC)cc4)[nH]c3c2)cc1. The van der Waals surface area contributed by atoms with Gasteiger partial charge in [0.05, 0.1) is 30.8 Å². The first-order chi connectivity index (χ1) is 15.6. The Hall–Kier alpha value is -4.33. The van der Waals surface area contributed by atoms with Crippen LogP contribution >= 0.6 is 0 Å². The molecule has 8 heteroatoms. The Bertz CT molecular complexity index is 1250. The van der Waals surface area contributed by atoms with Gasteiger partial charge < -0.3 is 24.5 Å². The number of benzene rings is 3. The highest BCUT2D eigenvalue weighted by atomic mass is 16.5. The molecular weight excluding hydrogens is 410 g/mol. The topological polar surface area (TPSA) is 103 Å². The number of nitrogens with zero attached hydrogens (tertiary/aromatic N) is 1. The Morgan fingerprint density at radius 2 is 1.56 bits per heavy atom. The number of ether oxygens (including phenoxy) is 3. The molecule has 32 heavy (non-hydrogen) atoms. The predicted octanol–water partition coefficient (Wildman–Crippen LogP) is 4.04. The van der Waals surface area contributed by atoms with Crippen LogP contribution in [0.3, 0.4) is 0 Å². The molecule has 0 fully saturated rings. The minimum atomic E-state index is -0.600. The largest absolute Gasteiger partial charge is 0.497 e. The van der Waals surface area contributed by atoms with Gasteiger partial charge in [-0.25, -0.2) is 9.78 Å². The highest BCUT2D eigenvalue weighted by molar-refractivity contribution is 5.97. The molecule has 0 bridgehead atoms. The van der Waals surface area contributed by atoms with E-state index in [1.165, 1.54) is 0 Å². The number of nitrogens with one attached hydrogen (secondary N) is 2. The number of hydrogen-bond donors (Lipinski definition) is 2. The zero-order chi connectivity index (χ0) is 22.5. The maximum absolute atomic E-state index is 12.4. The summed E-state index contributed by atoms with van der Waals surface area (Å²) in [4.78, 5) is 32.2. The average Bonchev–Trinajstić information content (AvgIpc) is 3.26. The molecular formula is C24H21N3O5. The summed E-state index contributed by atoms with van der Waals surface area (Å²) in [6, 6.07) is 19.3. The molecule has 4 aromatic rings. The van der Waals surface area contributed by atoms with E-state index < -0.39 is 18.5 Å². The van der Waals surface area contributed by atoms with Gasteiger partial charge in [0, 0.05) is 11.3 Å². The highest BCUT2D eigenvalue weighted by Gasteiger charge is 2.13. The number of hydrogen-bond acceptors (Lipinski definition) is 6. The number of anilines is 1. The molecule has 2 N–H and O–H groups in total. The molecule has 0 aliphatic rings. The van der Waals surface area contributed by atoms with Crippen molar-refractivity contribution in [3.05, 3.63) is 72.3 Å². The fourth-order valence-corrected chi connectivity index (χ4v) is 3.11. The van der Waals surface area contributed by atoms with E-state index in [-0.39, 0.29) is 0 Å². The standard InChI is InChI=1S/C24H21N3O5/c1-30-18-8-3-15(4-9-18)23-26-20-12-5-16(13-21(20)27-23)24(29)32-14-22(28)25-17-6-10-19(31-2)11-7-17/h3-13H,14H2,1-2H3,(H,25,28)(H,26,27). The maximum atomic E-state index is 12.4. The molecule has 1 aromatic heterocycles. The van der Waals surface area contributed by atoms with Crippen molar-refractivity contribution >= 4 is 28.6 Å². The molecule has 1 amide bonds. The van der Waals surface area contributed by atoms with Crippen molar-refractivity contribution in [2.45, 2.75) is 0 Å². The van der Waals surface area contributed by atoms with Crippen LogP contribution < -0.4 is 14.8 Å². The van der Waals surface area contributed by atoms with Crippen molar-refractivity contribution in [3.8, 4) is 22.9 Å². The number of methoxy groups -OCH3 is 2. The summed E-state index contributed by atoms with van der Waals surface area (Å²) in [5, 5.41) is 2.66. The number of esters is 1. The van der Waals surface area contributed by atoms with E-state index in [4.69, 9.17) is 14.2 Å². The van der Waals surface area contributed by atoms with Crippen LogP contribution in [-0.4, -0.2) is 42.7 Å². The van der Waals surface area contributed by atoms with Gasteiger partial charge in [0.25, 0.3) is 5.91 Å². The number of aromatic amines is 1. The Kier molecular flexibility index (Phi) is 6.03. The molecule has 0 unspecified atom stereocenters. The number of fused-ring (bicyclic) bond motifs is 1. The lowest BCUT2D eigenvalue weighted by molar-refractivity contribution is -0.119. The zero-order valence-corrected chi connectivity index (χ0v) is 17.5. The number of imidazole rings is 1. The lowest BCUT2D eigenvalue weighted by Crippen LogP contribution is -2.20. The molecule has 0 spiro atoms. The molecule has 162 valence electrons. The number of H-pyrrole nitrogens is 1. The fourth-order valence-electron chi connectivity index (χ4n) is 3.11. The zero-order valence-electron chi connectivity index (χ0n) is 17.5. The quantitative estimate of drug-likeness (QED) is 0.428. The first-order valence-electron chi connectivity index (χ1n) is 9.81. The van der Waals surface area contributed by atoms with E-state index in [2.05, 4.69) is 15.3 Å². The third-order valence-electron chi connectivity index (χ3n) is 4.79. The monoisotopic (exact) mass is 431 g/mol. The first kappa shape index (κ1) is 20.9. The van der Waals surface area contributed by atoms with Gasteiger partial charge in [-0.15, -0.1) is 0 Å². The van der Waals surface area contributed by atoms with Crippen LogP contribution in [0.15, 0.2) is 66.7 Å². The van der Waals surface area contributed by atoms with Gasteiger partial charge in [-0.05, 0) is 66.7 Å². The normalized spacial score (nSPS) is 10.6. The average molecular weight is 431 g/mol. The second-order valence-electron chi connectivity index (χ2n) is 6.90. The number of carbonyl (C=O) groups is 2. The van der Waals surface area contributed by atoms with Crippen LogP contribution in [0, 0.1) is 0 Å². The Labute approximate surface area is 184 Å². The molecule has 8 nitrogen and oxygen atoms in total. The van der Waals surface area contributed by atoms with Crippen molar-refractivity contribution in [1.82, 2.24) is 9.97 Å². The molecule has 0 radical (unpaired) electrons. The van der Waals surface area contributed by atoms with Crippen LogP contribution in [0.25, 0.3) is 22.4 Å². The van der Waals surface area contributed by atoms with Gasteiger partial charge in [-0.3, -0.25) is 4.79 Å². The molecule has 0 aliphatic heterocycles. The van der Waals surface area contributed by atoms with E-state index in [1.54, 1.807) is 56.7 Å². The summed E-state index contributed by atoms with van der Waals surface area (Å²) in [5.41, 5.74) is 3.19. The first-order valence-corrected chi connectivity index (χ1v) is 9.81. The lowest BCUT2D eigenvalue weighted by atomic mass is 10.2. The minimum Gasteiger partial charge on any atom is -0.497 e. The molecule has 1 heterocycles. The van der Waals surface area contributed by atoms with Crippen molar-refractivity contribution in [1.29, 1.82) is 0 Å². The van der Waals surface area contributed by atoms with Crippen molar-refractivity contribution in [2.24, 2.45) is 0 Å². The Morgan fingerprint density at radius 1 is 0.906 bits per heavy atom. The summed E-state index contributed by atoms with van der Waals surface area (Å²) in [7, 11) is 3.17. The van der Waals surface area contributed by atoms with E-state index in [0.29, 0.717) is 33.9 Å². The fraction of sp³-hybridized carbons (Fsp3) is 0.125. The summed E-state index contributed by atoms with van der Waals surface area (Å²) in [6.45, 7) is -0.400. The Morgan fingerprint density at radius 3 is 2.22 bits per heavy atom. The summed E-state index contributed by atoms with van der Waals surface area (Å²) < 4.78 is 15.4. The number of carbonyl (C=O) groups excluding carboxylic acids is 2. The van der Waals surface area contributed by atoms with Crippen LogP contribution in [0.5, 0.6) is 11.5 Å². The summed E-state index contributed by atoms with van der Waals surface area (Å²) >= 11 is 0. The van der Waals surface area contributed by atoms with Gasteiger partial charge in [-0.2, -0.15) is 0 Å². The van der Waals surface area contributed by atoms with E-state index >= 15 is 0 Å². The highest BCUT2D eigenvalue weighted by Crippen LogP contribution is 2.23. The number of rotatable bonds is 7. The number of aromatic nitrogens is 2. The summed E-state index contributed by atoms with van der Waals surface area (Å²) in [5.74, 6) is 1.07. The summed E-state index contributed by atoms with van der Waals surface area (Å²) in [6.07, 6.45) is 0. The molecule has 0 aliphatic carbocycles. The third-order valence-corrected chi connectivity index (χ3v) is 4.79. The molecule has 0 saturated carbocycles. The van der Waals surface area contributed by atoms with Crippen LogP contribution in [-0.2, 0) is 9.53 Å². The Balaban J connectivity index is 1.40. The number of amides is 1. The molecule has 0 atom stereocenters. The van der Waals surface area contributed by atoms with Crippen molar-refractivity contribution in [3.63, 3.8) is 0 Å². The maximum Gasteiger partial charge on any atom is 0.338 e. The smallest absolute Gasteiger partial charge is 0.338 e. The van der Waals surface area contributed by atoms with Gasteiger partial charge in [0.15, 0.2) is 6.61 Å². The molecule has 3 aromatic carbocycles. The van der Waals surface area contributed by atoms with Crippen LogP contribution in [0.1, 0.15) is 10.4 Å². The third kappa shape index (κ3) is 4.70. The van der Waals surface area contributed by atoms with Gasteiger partial charge in [0.1, 0.15) is 17.3 Å². The second-order valence-corrected chi connectivity index (χ2v) is 6.90. The van der Waals surface area contributed by atoms with E-state index in [9.17, 15) is 9.59 Å². The van der Waals surface area contributed by atoms with E-state index in [1.807, 2.05) is 24.3 Å². The van der Waals surface area contributed by atoms with Gasteiger partial charge >= 0.3 is 5.97 Å². The minimum absolute atomic E-state index is 0.319. The predicted molar refractivity (Wildman–Crippen MR) is 120 cm³/mol. The molecule has 4 rings (SSSR count). The van der Waals surface area contributed by atoms with E-state index in [0.717, 1.165) is 11.3 Å².